The van der Waals surface area contributed by atoms with Gasteiger partial charge in [0.15, 0.2) is 0 Å². The van der Waals surface area contributed by atoms with Crippen molar-refractivity contribution in [3.63, 3.8) is 0 Å². The van der Waals surface area contributed by atoms with Crippen molar-refractivity contribution in [1.82, 2.24) is 15.1 Å². The molecule has 0 saturated heterocycles. The minimum absolute atomic E-state index is 0.268. The molecule has 3 nitrogen and oxygen atoms in total. The maximum Gasteiger partial charge on any atom is 0.0834 e. The van der Waals surface area contributed by atoms with E-state index in [-0.39, 0.29) is 6.04 Å². The van der Waals surface area contributed by atoms with Crippen LogP contribution in [0.4, 0.5) is 0 Å². The summed E-state index contributed by atoms with van der Waals surface area (Å²) in [5, 5.41) is 8.81. The second-order valence-electron chi connectivity index (χ2n) is 7.63. The van der Waals surface area contributed by atoms with Crippen LogP contribution in [0.1, 0.15) is 79.1 Å². The maximum absolute atomic E-state index is 6.41. The number of aromatic nitrogens is 2. The lowest BCUT2D eigenvalue weighted by Gasteiger charge is -2.28. The van der Waals surface area contributed by atoms with Gasteiger partial charge in [0, 0.05) is 6.04 Å². The Labute approximate surface area is 135 Å². The van der Waals surface area contributed by atoms with Crippen LogP contribution in [-0.4, -0.2) is 16.3 Å². The first-order valence-electron chi connectivity index (χ1n) is 8.12. The summed E-state index contributed by atoms with van der Waals surface area (Å²) >= 11 is 6.41. The fourth-order valence-corrected chi connectivity index (χ4v) is 3.42. The van der Waals surface area contributed by atoms with Crippen molar-refractivity contribution >= 4 is 11.6 Å². The van der Waals surface area contributed by atoms with Crippen molar-refractivity contribution in [2.24, 2.45) is 11.3 Å². The van der Waals surface area contributed by atoms with E-state index >= 15 is 0 Å². The lowest BCUT2D eigenvalue weighted by Crippen LogP contribution is -2.27. The molecule has 0 aromatic carbocycles. The van der Waals surface area contributed by atoms with Crippen molar-refractivity contribution in [3.8, 4) is 0 Å². The summed E-state index contributed by atoms with van der Waals surface area (Å²) in [5.41, 5.74) is 1.49. The van der Waals surface area contributed by atoms with Gasteiger partial charge in [-0.05, 0) is 44.6 Å². The number of halogens is 1. The Morgan fingerprint density at radius 2 is 1.90 bits per heavy atom. The van der Waals surface area contributed by atoms with Crippen LogP contribution in [0.15, 0.2) is 6.20 Å². The maximum atomic E-state index is 6.41. The van der Waals surface area contributed by atoms with Crippen LogP contribution in [-0.2, 0) is 0 Å². The normalized spacial score (nSPS) is 15.5. The van der Waals surface area contributed by atoms with Crippen molar-refractivity contribution in [1.29, 1.82) is 0 Å². The third kappa shape index (κ3) is 5.63. The molecule has 0 aliphatic rings. The van der Waals surface area contributed by atoms with Gasteiger partial charge in [0.05, 0.1) is 23.0 Å². The molecule has 0 bridgehead atoms. The molecule has 21 heavy (non-hydrogen) atoms. The molecule has 1 rings (SSSR count). The van der Waals surface area contributed by atoms with Gasteiger partial charge in [-0.1, -0.05) is 46.2 Å². The minimum atomic E-state index is 0.268. The molecule has 122 valence electrons. The highest BCUT2D eigenvalue weighted by Crippen LogP contribution is 2.33. The van der Waals surface area contributed by atoms with Crippen LogP contribution in [0.5, 0.6) is 0 Å². The fourth-order valence-electron chi connectivity index (χ4n) is 3.16. The average molecular weight is 314 g/mol. The first-order chi connectivity index (χ1) is 9.65. The van der Waals surface area contributed by atoms with E-state index in [2.05, 4.69) is 63.6 Å². The van der Waals surface area contributed by atoms with Gasteiger partial charge in [0.2, 0.25) is 0 Å². The van der Waals surface area contributed by atoms with Crippen molar-refractivity contribution in [3.05, 3.63) is 16.9 Å². The zero-order valence-electron chi connectivity index (χ0n) is 14.7. The van der Waals surface area contributed by atoms with E-state index < -0.39 is 0 Å². The second-order valence-corrected chi connectivity index (χ2v) is 8.04. The highest BCUT2D eigenvalue weighted by molar-refractivity contribution is 6.31. The van der Waals surface area contributed by atoms with Crippen LogP contribution >= 0.6 is 11.6 Å². The van der Waals surface area contributed by atoms with Crippen LogP contribution < -0.4 is 5.32 Å². The number of hydrogen-bond donors (Lipinski definition) is 1. The van der Waals surface area contributed by atoms with Crippen LogP contribution in [0.25, 0.3) is 0 Å². The van der Waals surface area contributed by atoms with Gasteiger partial charge in [0.25, 0.3) is 0 Å². The Morgan fingerprint density at radius 1 is 1.29 bits per heavy atom. The molecule has 1 aromatic rings. The Hall–Kier alpha value is -0.540. The van der Waals surface area contributed by atoms with Gasteiger partial charge in [-0.2, -0.15) is 5.10 Å². The highest BCUT2D eigenvalue weighted by Gasteiger charge is 2.25. The van der Waals surface area contributed by atoms with Crippen LogP contribution in [0.3, 0.4) is 0 Å². The first kappa shape index (κ1) is 18.5. The summed E-state index contributed by atoms with van der Waals surface area (Å²) in [6.07, 6.45) is 4.07. The molecule has 0 radical (unpaired) electrons. The van der Waals surface area contributed by atoms with Gasteiger partial charge >= 0.3 is 0 Å². The van der Waals surface area contributed by atoms with Crippen LogP contribution in [0.2, 0.25) is 5.02 Å². The molecular weight excluding hydrogens is 282 g/mol. The molecule has 1 aromatic heterocycles. The lowest BCUT2D eigenvalue weighted by atomic mass is 9.82. The standard InChI is InChI=1S/C17H32ClN3/c1-8-19-15(9-13(4)10-17(5,6)7)16-14(18)11-20-21(16)12(2)3/h11-13,15,19H,8-10H2,1-7H3. The van der Waals surface area contributed by atoms with Crippen molar-refractivity contribution in [2.45, 2.75) is 73.4 Å². The summed E-state index contributed by atoms with van der Waals surface area (Å²) in [6.45, 7) is 16.6. The third-order valence-corrected chi connectivity index (χ3v) is 3.95. The quantitative estimate of drug-likeness (QED) is 0.747. The molecule has 0 spiro atoms. The molecule has 2 atom stereocenters. The van der Waals surface area contributed by atoms with Gasteiger partial charge in [-0.25, -0.2) is 0 Å². The van der Waals surface area contributed by atoms with E-state index in [0.29, 0.717) is 17.4 Å². The second kappa shape index (κ2) is 7.64. The minimum Gasteiger partial charge on any atom is -0.309 e. The van der Waals surface area contributed by atoms with Crippen LogP contribution in [0, 0.1) is 11.3 Å². The summed E-state index contributed by atoms with van der Waals surface area (Å²) < 4.78 is 2.06. The number of nitrogens with zero attached hydrogens (tertiary/aromatic N) is 2. The Balaban J connectivity index is 2.94. The largest absolute Gasteiger partial charge is 0.309 e. The van der Waals surface area contributed by atoms with E-state index in [9.17, 15) is 0 Å². The molecule has 0 fully saturated rings. The molecule has 1 N–H and O–H groups in total. The monoisotopic (exact) mass is 313 g/mol. The Kier molecular flexibility index (Phi) is 6.73. The molecule has 0 aliphatic heterocycles. The highest BCUT2D eigenvalue weighted by atomic mass is 35.5. The van der Waals surface area contributed by atoms with Gasteiger partial charge in [-0.3, -0.25) is 4.68 Å². The molecule has 2 unspecified atom stereocenters. The van der Waals surface area contributed by atoms with Gasteiger partial charge < -0.3 is 5.32 Å². The fraction of sp³-hybridized carbons (Fsp3) is 0.824. The lowest BCUT2D eigenvalue weighted by molar-refractivity contribution is 0.271. The predicted octanol–water partition coefficient (Wildman–Crippen LogP) is 5.23. The topological polar surface area (TPSA) is 29.9 Å². The predicted molar refractivity (Wildman–Crippen MR) is 91.9 cm³/mol. The van der Waals surface area contributed by atoms with Crippen molar-refractivity contribution < 1.29 is 0 Å². The smallest absolute Gasteiger partial charge is 0.0834 e. The zero-order chi connectivity index (χ0) is 16.2. The summed E-state index contributed by atoms with van der Waals surface area (Å²) in [6, 6.07) is 0.594. The molecule has 4 heteroatoms. The van der Waals surface area contributed by atoms with E-state index in [0.717, 1.165) is 23.7 Å². The molecule has 0 saturated carbocycles. The van der Waals surface area contributed by atoms with Gasteiger partial charge in [0.1, 0.15) is 0 Å². The molecule has 0 aliphatic carbocycles. The van der Waals surface area contributed by atoms with Gasteiger partial charge in [-0.15, -0.1) is 0 Å². The number of rotatable bonds is 7. The SMILES string of the molecule is CCNC(CC(C)CC(C)(C)C)c1c(Cl)cnn1C(C)C. The number of nitrogens with one attached hydrogen (secondary N) is 1. The first-order valence-corrected chi connectivity index (χ1v) is 8.49. The zero-order valence-corrected chi connectivity index (χ0v) is 15.5. The molecule has 1 heterocycles. The summed E-state index contributed by atoms with van der Waals surface area (Å²) in [5.74, 6) is 0.639. The Morgan fingerprint density at radius 3 is 2.38 bits per heavy atom. The van der Waals surface area contributed by atoms with E-state index in [1.807, 2.05) is 0 Å². The summed E-state index contributed by atoms with van der Waals surface area (Å²) in [4.78, 5) is 0. The van der Waals surface area contributed by atoms with E-state index in [1.165, 1.54) is 6.42 Å². The van der Waals surface area contributed by atoms with E-state index in [1.54, 1.807) is 6.20 Å². The van der Waals surface area contributed by atoms with Crippen molar-refractivity contribution in [2.75, 3.05) is 6.54 Å². The molecular formula is C17H32ClN3. The average Bonchev–Trinajstić information content (AvgIpc) is 2.68. The summed E-state index contributed by atoms with van der Waals surface area (Å²) in [7, 11) is 0. The Bertz CT molecular complexity index is 432. The molecule has 0 amide bonds. The third-order valence-electron chi connectivity index (χ3n) is 3.66. The van der Waals surface area contributed by atoms with E-state index in [4.69, 9.17) is 11.6 Å². The number of hydrogen-bond acceptors (Lipinski definition) is 2.